The molecule has 0 aliphatic carbocycles. The van der Waals surface area contributed by atoms with Crippen molar-refractivity contribution in [1.82, 2.24) is 0 Å². The monoisotopic (exact) mass is 378 g/mol. The number of sulfonamides is 2. The van der Waals surface area contributed by atoms with E-state index in [0.717, 1.165) is 6.07 Å². The molecule has 23 heavy (non-hydrogen) atoms. The average molecular weight is 379 g/mol. The predicted octanol–water partition coefficient (Wildman–Crippen LogP) is 2.07. The maximum absolute atomic E-state index is 13.8. The maximum Gasteiger partial charge on any atom is 0.264 e. The first-order chi connectivity index (χ1) is 10.6. The fraction of sp³-hybridized carbons (Fsp3) is 0.0769. The second kappa shape index (κ2) is 6.44. The zero-order valence-corrected chi connectivity index (χ0v) is 13.9. The molecule has 0 radical (unpaired) electrons. The Labute approximate surface area is 138 Å². The summed E-state index contributed by atoms with van der Waals surface area (Å²) in [7, 11) is -7.85. The second-order valence-electron chi connectivity index (χ2n) is 4.66. The van der Waals surface area contributed by atoms with E-state index in [-0.39, 0.29) is 16.5 Å². The number of benzene rings is 2. The van der Waals surface area contributed by atoms with E-state index in [1.807, 2.05) is 0 Å². The van der Waals surface area contributed by atoms with Crippen LogP contribution in [0, 0.1) is 5.82 Å². The highest BCUT2D eigenvalue weighted by Crippen LogP contribution is 2.24. The molecular formula is C13H12ClFN2O4S2. The molecular weight excluding hydrogens is 367 g/mol. The van der Waals surface area contributed by atoms with Crippen molar-refractivity contribution in [3.05, 3.63) is 58.9 Å². The lowest BCUT2D eigenvalue weighted by Gasteiger charge is -2.10. The lowest BCUT2D eigenvalue weighted by atomic mass is 10.2. The zero-order chi connectivity index (χ0) is 17.3. The summed E-state index contributed by atoms with van der Waals surface area (Å²) in [4.78, 5) is -0.585. The number of nitrogens with two attached hydrogens (primary N) is 1. The molecule has 0 spiro atoms. The molecule has 0 bridgehead atoms. The van der Waals surface area contributed by atoms with Crippen molar-refractivity contribution in [3.8, 4) is 0 Å². The van der Waals surface area contributed by atoms with Crippen molar-refractivity contribution in [2.24, 2.45) is 5.14 Å². The number of primary sulfonamides is 1. The van der Waals surface area contributed by atoms with Crippen LogP contribution >= 0.6 is 11.6 Å². The molecule has 0 fully saturated rings. The number of halogens is 2. The molecule has 0 unspecified atom stereocenters. The fourth-order valence-corrected chi connectivity index (χ4v) is 3.85. The van der Waals surface area contributed by atoms with Gasteiger partial charge in [-0.15, -0.1) is 0 Å². The molecule has 0 aromatic heterocycles. The standard InChI is InChI=1S/C13H12ClFN2O4S2/c14-11-2-1-3-12(13(11)15)23(20,21)17-10-6-4-9(5-7-10)8-22(16,18)19/h1-7,17H,8H2,(H2,16,18,19). The number of hydrogen-bond donors (Lipinski definition) is 2. The first kappa shape index (κ1) is 17.7. The van der Waals surface area contributed by atoms with E-state index in [4.69, 9.17) is 16.7 Å². The normalized spacial score (nSPS) is 12.1. The predicted molar refractivity (Wildman–Crippen MR) is 85.5 cm³/mol. The minimum atomic E-state index is -4.17. The molecule has 0 amide bonds. The van der Waals surface area contributed by atoms with Gasteiger partial charge in [-0.2, -0.15) is 0 Å². The molecule has 0 aliphatic heterocycles. The molecule has 0 saturated heterocycles. The van der Waals surface area contributed by atoms with Gasteiger partial charge in [0.05, 0.1) is 10.8 Å². The molecule has 2 aromatic rings. The molecule has 2 aromatic carbocycles. The van der Waals surface area contributed by atoms with Gasteiger partial charge in [0.2, 0.25) is 10.0 Å². The summed E-state index contributed by atoms with van der Waals surface area (Å²) >= 11 is 5.57. The first-order valence-corrected chi connectivity index (χ1v) is 9.72. The van der Waals surface area contributed by atoms with E-state index in [1.165, 1.54) is 36.4 Å². The third-order valence-electron chi connectivity index (χ3n) is 2.78. The van der Waals surface area contributed by atoms with Crippen LogP contribution in [0.4, 0.5) is 10.1 Å². The lowest BCUT2D eigenvalue weighted by molar-refractivity contribution is 0.570. The molecule has 0 heterocycles. The molecule has 3 N–H and O–H groups in total. The molecule has 6 nitrogen and oxygen atoms in total. The van der Waals surface area contributed by atoms with Crippen molar-refractivity contribution in [1.29, 1.82) is 0 Å². The Hall–Kier alpha value is -1.68. The zero-order valence-electron chi connectivity index (χ0n) is 11.5. The Kier molecular flexibility index (Phi) is 4.95. The number of hydrogen-bond acceptors (Lipinski definition) is 4. The van der Waals surface area contributed by atoms with Crippen molar-refractivity contribution in [2.45, 2.75) is 10.6 Å². The van der Waals surface area contributed by atoms with E-state index in [1.54, 1.807) is 0 Å². The van der Waals surface area contributed by atoms with Crippen LogP contribution in [0.1, 0.15) is 5.56 Å². The van der Waals surface area contributed by atoms with Crippen LogP contribution in [-0.2, 0) is 25.8 Å². The maximum atomic E-state index is 13.8. The smallest absolute Gasteiger partial charge is 0.264 e. The Balaban J connectivity index is 2.26. The van der Waals surface area contributed by atoms with Crippen LogP contribution < -0.4 is 9.86 Å². The Bertz CT molecular complexity index is 929. The van der Waals surface area contributed by atoms with E-state index in [2.05, 4.69) is 4.72 Å². The summed E-state index contributed by atoms with van der Waals surface area (Å²) in [5, 5.41) is 4.61. The van der Waals surface area contributed by atoms with E-state index < -0.39 is 30.8 Å². The third kappa shape index (κ3) is 4.64. The Morgan fingerprint density at radius 1 is 1.04 bits per heavy atom. The molecule has 0 saturated carbocycles. The molecule has 10 heteroatoms. The number of anilines is 1. The third-order valence-corrected chi connectivity index (χ3v) is 5.21. The summed E-state index contributed by atoms with van der Waals surface area (Å²) in [5.41, 5.74) is 0.534. The fourth-order valence-electron chi connectivity index (χ4n) is 1.80. The quantitative estimate of drug-likeness (QED) is 0.830. The summed E-state index contributed by atoms with van der Waals surface area (Å²) in [6.07, 6.45) is 0. The van der Waals surface area contributed by atoms with Gasteiger partial charge in [0.15, 0.2) is 5.82 Å². The highest BCUT2D eigenvalue weighted by Gasteiger charge is 2.20. The summed E-state index contributed by atoms with van der Waals surface area (Å²) in [5.74, 6) is -1.42. The van der Waals surface area contributed by atoms with Crippen molar-refractivity contribution in [2.75, 3.05) is 4.72 Å². The number of rotatable bonds is 5. The highest BCUT2D eigenvalue weighted by molar-refractivity contribution is 7.92. The van der Waals surface area contributed by atoms with Gasteiger partial charge in [0.25, 0.3) is 10.0 Å². The van der Waals surface area contributed by atoms with Gasteiger partial charge in [-0.25, -0.2) is 26.4 Å². The van der Waals surface area contributed by atoms with Crippen molar-refractivity contribution in [3.63, 3.8) is 0 Å². The van der Waals surface area contributed by atoms with Crippen LogP contribution in [0.5, 0.6) is 0 Å². The Morgan fingerprint density at radius 2 is 1.65 bits per heavy atom. The van der Waals surface area contributed by atoms with Gasteiger partial charge < -0.3 is 0 Å². The van der Waals surface area contributed by atoms with E-state index in [0.29, 0.717) is 5.56 Å². The molecule has 0 atom stereocenters. The number of nitrogens with one attached hydrogen (secondary N) is 1. The van der Waals surface area contributed by atoms with Crippen molar-refractivity contribution >= 4 is 37.3 Å². The minimum absolute atomic E-state index is 0.141. The molecule has 2 rings (SSSR count). The summed E-state index contributed by atoms with van der Waals surface area (Å²) in [6.45, 7) is 0. The largest absolute Gasteiger partial charge is 0.280 e. The van der Waals surface area contributed by atoms with Gasteiger partial charge in [-0.05, 0) is 29.8 Å². The van der Waals surface area contributed by atoms with Crippen LogP contribution in [0.15, 0.2) is 47.4 Å². The van der Waals surface area contributed by atoms with Gasteiger partial charge in [-0.1, -0.05) is 29.8 Å². The van der Waals surface area contributed by atoms with Crippen LogP contribution in [0.2, 0.25) is 5.02 Å². The minimum Gasteiger partial charge on any atom is -0.280 e. The summed E-state index contributed by atoms with van der Waals surface area (Å²) < 4.78 is 62.3. The molecule has 0 aliphatic rings. The summed E-state index contributed by atoms with van der Waals surface area (Å²) in [6, 6.07) is 9.13. The van der Waals surface area contributed by atoms with Crippen molar-refractivity contribution < 1.29 is 21.2 Å². The molecule has 124 valence electrons. The Morgan fingerprint density at radius 3 is 2.22 bits per heavy atom. The van der Waals surface area contributed by atoms with E-state index >= 15 is 0 Å². The van der Waals surface area contributed by atoms with Crippen LogP contribution in [-0.4, -0.2) is 16.8 Å². The first-order valence-electron chi connectivity index (χ1n) is 6.15. The van der Waals surface area contributed by atoms with Gasteiger partial charge in [0, 0.05) is 5.69 Å². The highest BCUT2D eigenvalue weighted by atomic mass is 35.5. The topological polar surface area (TPSA) is 106 Å². The van der Waals surface area contributed by atoms with Gasteiger partial charge in [0.1, 0.15) is 4.90 Å². The van der Waals surface area contributed by atoms with E-state index in [9.17, 15) is 21.2 Å². The average Bonchev–Trinajstić information content (AvgIpc) is 2.42. The van der Waals surface area contributed by atoms with Crippen LogP contribution in [0.3, 0.4) is 0 Å². The van der Waals surface area contributed by atoms with Crippen LogP contribution in [0.25, 0.3) is 0 Å². The van der Waals surface area contributed by atoms with Gasteiger partial charge in [-0.3, -0.25) is 4.72 Å². The SMILES string of the molecule is NS(=O)(=O)Cc1ccc(NS(=O)(=O)c2cccc(Cl)c2F)cc1. The lowest BCUT2D eigenvalue weighted by Crippen LogP contribution is -2.16. The van der Waals surface area contributed by atoms with Gasteiger partial charge >= 0.3 is 0 Å². The second-order valence-corrected chi connectivity index (χ2v) is 8.33.